The zero-order chi connectivity index (χ0) is 25.0. The Bertz CT molecular complexity index is 659. The van der Waals surface area contributed by atoms with E-state index in [0.717, 1.165) is 11.8 Å². The number of nitrogens with one attached hydrogen (secondary N) is 2. The highest BCUT2D eigenvalue weighted by molar-refractivity contribution is 5.22. The van der Waals surface area contributed by atoms with Crippen molar-refractivity contribution in [2.45, 2.75) is 155 Å². The molecular formula is C32H56N2. The molecule has 2 aliphatic rings. The molecule has 34 heavy (non-hydrogen) atoms. The first-order valence-corrected chi connectivity index (χ1v) is 14.4. The molecule has 0 atom stereocenters. The maximum Gasteiger partial charge on any atom is 0.0132 e. The fourth-order valence-corrected chi connectivity index (χ4v) is 7.87. The van der Waals surface area contributed by atoms with E-state index in [1.807, 2.05) is 0 Å². The highest BCUT2D eigenvalue weighted by atomic mass is 15.1. The van der Waals surface area contributed by atoms with Gasteiger partial charge in [-0.2, -0.15) is 0 Å². The largest absolute Gasteiger partial charge is 0.307 e. The molecule has 1 aromatic rings. The first-order chi connectivity index (χ1) is 15.7. The average Bonchev–Trinajstić information content (AvgIpc) is 2.65. The molecule has 0 aromatic heterocycles. The van der Waals surface area contributed by atoms with Gasteiger partial charge >= 0.3 is 0 Å². The second-order valence-electron chi connectivity index (χ2n) is 14.6. The first kappa shape index (κ1) is 27.7. The summed E-state index contributed by atoms with van der Waals surface area (Å²) in [6.45, 7) is 19.0. The number of piperidine rings is 2. The van der Waals surface area contributed by atoms with Gasteiger partial charge in [0.05, 0.1) is 0 Å². The maximum absolute atomic E-state index is 3.82. The van der Waals surface area contributed by atoms with Gasteiger partial charge in [-0.15, -0.1) is 0 Å². The topological polar surface area (TPSA) is 24.1 Å². The van der Waals surface area contributed by atoms with Crippen molar-refractivity contribution < 1.29 is 0 Å². The molecule has 2 saturated heterocycles. The molecule has 0 aliphatic carbocycles. The number of unbranched alkanes of at least 4 members (excludes halogenated alkanes) is 2. The van der Waals surface area contributed by atoms with Crippen LogP contribution in [-0.2, 0) is 12.8 Å². The van der Waals surface area contributed by atoms with Gasteiger partial charge in [0, 0.05) is 22.2 Å². The Balaban J connectivity index is 1.32. The highest BCUT2D eigenvalue weighted by Crippen LogP contribution is 2.36. The summed E-state index contributed by atoms with van der Waals surface area (Å²) in [6.07, 6.45) is 15.9. The van der Waals surface area contributed by atoms with Crippen LogP contribution in [0.2, 0.25) is 0 Å². The lowest BCUT2D eigenvalue weighted by Crippen LogP contribution is -2.57. The molecule has 2 nitrogen and oxygen atoms in total. The van der Waals surface area contributed by atoms with Crippen molar-refractivity contribution in [1.82, 2.24) is 10.6 Å². The summed E-state index contributed by atoms with van der Waals surface area (Å²) in [5.41, 5.74) is 4.17. The lowest BCUT2D eigenvalue weighted by Gasteiger charge is -2.46. The zero-order valence-corrected chi connectivity index (χ0v) is 23.9. The van der Waals surface area contributed by atoms with Crippen LogP contribution in [0.1, 0.15) is 131 Å². The molecule has 0 radical (unpaired) electrons. The van der Waals surface area contributed by atoms with Gasteiger partial charge in [0.25, 0.3) is 0 Å². The van der Waals surface area contributed by atoms with Gasteiger partial charge in [0.1, 0.15) is 0 Å². The van der Waals surface area contributed by atoms with Crippen LogP contribution in [0.25, 0.3) is 0 Å². The van der Waals surface area contributed by atoms with Crippen molar-refractivity contribution in [2.75, 3.05) is 0 Å². The van der Waals surface area contributed by atoms with Crippen molar-refractivity contribution >= 4 is 0 Å². The van der Waals surface area contributed by atoms with Crippen molar-refractivity contribution in [3.8, 4) is 0 Å². The molecule has 0 spiro atoms. The fourth-order valence-electron chi connectivity index (χ4n) is 7.87. The van der Waals surface area contributed by atoms with E-state index in [0.29, 0.717) is 0 Å². The Morgan fingerprint density at radius 1 is 0.529 bits per heavy atom. The molecule has 2 N–H and O–H groups in total. The summed E-state index contributed by atoms with van der Waals surface area (Å²) in [6, 6.07) is 9.57. The predicted octanol–water partition coefficient (Wildman–Crippen LogP) is 8.23. The van der Waals surface area contributed by atoms with Gasteiger partial charge in [-0.1, -0.05) is 49.9 Å². The third-order valence-corrected chi connectivity index (χ3v) is 8.23. The second-order valence-corrected chi connectivity index (χ2v) is 14.6. The summed E-state index contributed by atoms with van der Waals surface area (Å²) in [5.74, 6) is 1.74. The van der Waals surface area contributed by atoms with Gasteiger partial charge < -0.3 is 10.6 Å². The van der Waals surface area contributed by atoms with Gasteiger partial charge in [-0.3, -0.25) is 0 Å². The van der Waals surface area contributed by atoms with Crippen LogP contribution in [0, 0.1) is 11.8 Å². The highest BCUT2D eigenvalue weighted by Gasteiger charge is 2.38. The van der Waals surface area contributed by atoms with Gasteiger partial charge in [0.15, 0.2) is 0 Å². The van der Waals surface area contributed by atoms with E-state index < -0.39 is 0 Å². The minimum absolute atomic E-state index is 0.281. The maximum atomic E-state index is 3.82. The monoisotopic (exact) mass is 468 g/mol. The Morgan fingerprint density at radius 3 is 1.12 bits per heavy atom. The van der Waals surface area contributed by atoms with Crippen LogP contribution in [0.4, 0.5) is 0 Å². The van der Waals surface area contributed by atoms with Gasteiger partial charge in [0.2, 0.25) is 0 Å². The summed E-state index contributed by atoms with van der Waals surface area (Å²) < 4.78 is 0. The quantitative estimate of drug-likeness (QED) is 0.338. The van der Waals surface area contributed by atoms with E-state index in [1.165, 1.54) is 88.2 Å². The number of benzene rings is 1. The van der Waals surface area contributed by atoms with Crippen LogP contribution in [-0.4, -0.2) is 22.2 Å². The Kier molecular flexibility index (Phi) is 9.00. The second kappa shape index (κ2) is 11.0. The molecular weight excluding hydrogens is 412 g/mol. The first-order valence-electron chi connectivity index (χ1n) is 14.4. The standard InChI is InChI=1S/C32H56N2/c1-29(2)21-27(22-30(3,4)33-29)15-11-9-13-25-17-19-26(20-18-25)14-10-12-16-28-23-31(5,6)34-32(7,8)24-28/h17-20,27-28,33-34H,9-16,21-24H2,1-8H3. The third kappa shape index (κ3) is 9.30. The van der Waals surface area contributed by atoms with Crippen molar-refractivity contribution in [2.24, 2.45) is 11.8 Å². The minimum Gasteiger partial charge on any atom is -0.307 e. The molecule has 2 fully saturated rings. The SMILES string of the molecule is CC1(C)CC(CCCCc2ccc(CCCCC3CC(C)(C)NC(C)(C)C3)cc2)CC(C)(C)N1. The van der Waals surface area contributed by atoms with Crippen LogP contribution in [0.5, 0.6) is 0 Å². The fraction of sp³-hybridized carbons (Fsp3) is 0.812. The number of rotatable bonds is 10. The van der Waals surface area contributed by atoms with Crippen LogP contribution in [0.15, 0.2) is 24.3 Å². The van der Waals surface area contributed by atoms with E-state index in [-0.39, 0.29) is 22.2 Å². The summed E-state index contributed by atoms with van der Waals surface area (Å²) >= 11 is 0. The zero-order valence-electron chi connectivity index (χ0n) is 23.9. The lowest BCUT2D eigenvalue weighted by atomic mass is 9.74. The summed E-state index contributed by atoms with van der Waals surface area (Å²) in [4.78, 5) is 0. The van der Waals surface area contributed by atoms with E-state index in [9.17, 15) is 0 Å². The summed E-state index contributed by atoms with van der Waals surface area (Å²) in [7, 11) is 0. The number of aryl methyl sites for hydroxylation is 2. The average molecular weight is 469 g/mol. The third-order valence-electron chi connectivity index (χ3n) is 8.23. The molecule has 2 aliphatic heterocycles. The molecule has 3 rings (SSSR count). The van der Waals surface area contributed by atoms with E-state index in [4.69, 9.17) is 0 Å². The van der Waals surface area contributed by atoms with Crippen molar-refractivity contribution in [1.29, 1.82) is 0 Å². The van der Waals surface area contributed by atoms with E-state index in [2.05, 4.69) is 90.3 Å². The van der Waals surface area contributed by atoms with E-state index in [1.54, 1.807) is 0 Å². The van der Waals surface area contributed by atoms with Crippen molar-refractivity contribution in [3.63, 3.8) is 0 Å². The molecule has 194 valence electrons. The molecule has 2 heteroatoms. The van der Waals surface area contributed by atoms with Crippen molar-refractivity contribution in [3.05, 3.63) is 35.4 Å². The Labute approximate surface area is 212 Å². The normalized spacial score (nSPS) is 24.2. The van der Waals surface area contributed by atoms with E-state index >= 15 is 0 Å². The number of hydrogen-bond donors (Lipinski definition) is 2. The summed E-state index contributed by atoms with van der Waals surface area (Å²) in [5, 5.41) is 7.64. The Hall–Kier alpha value is -0.860. The lowest BCUT2D eigenvalue weighted by molar-refractivity contribution is 0.121. The molecule has 0 bridgehead atoms. The van der Waals surface area contributed by atoms with Gasteiger partial charge in [-0.25, -0.2) is 0 Å². The Morgan fingerprint density at radius 2 is 0.824 bits per heavy atom. The molecule has 2 heterocycles. The molecule has 0 saturated carbocycles. The van der Waals surface area contributed by atoms with Gasteiger partial charge in [-0.05, 0) is 130 Å². The smallest absolute Gasteiger partial charge is 0.0132 e. The number of hydrogen-bond acceptors (Lipinski definition) is 2. The van der Waals surface area contributed by atoms with Crippen LogP contribution >= 0.6 is 0 Å². The minimum atomic E-state index is 0.281. The predicted molar refractivity (Wildman–Crippen MR) is 150 cm³/mol. The molecule has 0 unspecified atom stereocenters. The molecule has 0 amide bonds. The van der Waals surface area contributed by atoms with Crippen LogP contribution < -0.4 is 10.6 Å². The molecule has 1 aromatic carbocycles. The van der Waals surface area contributed by atoms with Crippen LogP contribution in [0.3, 0.4) is 0 Å².